The highest BCUT2D eigenvalue weighted by Crippen LogP contribution is 2.46. The second-order valence-corrected chi connectivity index (χ2v) is 9.06. The number of nitrogens with one attached hydrogen (secondary N) is 1. The van der Waals surface area contributed by atoms with Gasteiger partial charge in [0.1, 0.15) is 11.5 Å². The fraction of sp³-hybridized carbons (Fsp3) is 0.286. The van der Waals surface area contributed by atoms with Gasteiger partial charge in [-0.1, -0.05) is 56.3 Å². The summed E-state index contributed by atoms with van der Waals surface area (Å²) in [7, 11) is 0. The van der Waals surface area contributed by atoms with Crippen LogP contribution in [-0.2, 0) is 0 Å². The smallest absolute Gasteiger partial charge is 0.195 e. The van der Waals surface area contributed by atoms with Crippen LogP contribution in [-0.4, -0.2) is 11.1 Å². The minimum absolute atomic E-state index is 0.0938. The third kappa shape index (κ3) is 3.87. The summed E-state index contributed by atoms with van der Waals surface area (Å²) >= 11 is 0. The van der Waals surface area contributed by atoms with Crippen molar-refractivity contribution >= 4 is 5.70 Å². The molecule has 1 N–H and O–H groups in total. The number of hydrogen-bond donors (Lipinski definition) is 1. The van der Waals surface area contributed by atoms with E-state index < -0.39 is 0 Å². The number of ether oxygens (including phenoxy) is 2. The van der Waals surface area contributed by atoms with Crippen LogP contribution in [0.25, 0.3) is 5.70 Å². The van der Waals surface area contributed by atoms with Gasteiger partial charge in [-0.25, -0.2) is 0 Å². The Labute approximate surface area is 190 Å². The van der Waals surface area contributed by atoms with E-state index in [1.807, 2.05) is 32.0 Å². The van der Waals surface area contributed by atoms with Crippen molar-refractivity contribution < 1.29 is 9.47 Å². The number of benzene rings is 3. The molecule has 0 radical (unpaired) electrons. The van der Waals surface area contributed by atoms with Crippen molar-refractivity contribution in [3.05, 3.63) is 101 Å². The predicted octanol–water partition coefficient (Wildman–Crippen LogP) is 6.59. The van der Waals surface area contributed by atoms with Crippen LogP contribution in [0.2, 0.25) is 0 Å². The van der Waals surface area contributed by atoms with Crippen LogP contribution in [0.1, 0.15) is 68.1 Å². The highest BCUT2D eigenvalue weighted by molar-refractivity contribution is 5.68. The first-order valence-corrected chi connectivity index (χ1v) is 11.4. The summed E-state index contributed by atoms with van der Waals surface area (Å²) in [4.78, 5) is 0. The largest absolute Gasteiger partial charge is 0.491 e. The lowest BCUT2D eigenvalue weighted by Crippen LogP contribution is -2.43. The Kier molecular flexibility index (Phi) is 5.40. The van der Waals surface area contributed by atoms with Crippen molar-refractivity contribution in [2.45, 2.75) is 52.0 Å². The number of para-hydroxylation sites is 1. The molecule has 0 saturated heterocycles. The Hall–Kier alpha value is -3.24. The molecular formula is C28H30N2O2. The van der Waals surface area contributed by atoms with Gasteiger partial charge in [-0.2, -0.15) is 5.01 Å². The van der Waals surface area contributed by atoms with Gasteiger partial charge in [0, 0.05) is 11.1 Å². The maximum absolute atomic E-state index is 6.49. The molecule has 0 amide bonds. The van der Waals surface area contributed by atoms with Gasteiger partial charge in [0.2, 0.25) is 0 Å². The molecule has 0 saturated carbocycles. The van der Waals surface area contributed by atoms with Gasteiger partial charge >= 0.3 is 0 Å². The van der Waals surface area contributed by atoms with Crippen LogP contribution in [0.5, 0.6) is 11.5 Å². The molecule has 2 aliphatic rings. The third-order valence-corrected chi connectivity index (χ3v) is 6.03. The molecular weight excluding hydrogens is 396 g/mol. The van der Waals surface area contributed by atoms with Gasteiger partial charge in [-0.15, -0.1) is 0 Å². The monoisotopic (exact) mass is 426 g/mol. The minimum atomic E-state index is -0.214. The number of fused-ring (bicyclic) bond motifs is 3. The lowest BCUT2D eigenvalue weighted by Gasteiger charge is -2.39. The SMILES string of the molecule is CC(C)Oc1ccc(C2=C[C@H]3c4ccccc4O[C@H](c4ccc(C(C)C)cc4)N3N2)cc1. The van der Waals surface area contributed by atoms with Crippen LogP contribution in [0, 0.1) is 0 Å². The molecule has 3 aromatic rings. The lowest BCUT2D eigenvalue weighted by molar-refractivity contribution is -0.0326. The van der Waals surface area contributed by atoms with E-state index in [0.717, 1.165) is 28.3 Å². The summed E-state index contributed by atoms with van der Waals surface area (Å²) in [5, 5.41) is 2.21. The zero-order chi connectivity index (χ0) is 22.2. The normalized spacial score (nSPS) is 19.8. The molecule has 32 heavy (non-hydrogen) atoms. The van der Waals surface area contributed by atoms with Crippen molar-refractivity contribution in [1.82, 2.24) is 10.4 Å². The summed E-state index contributed by atoms with van der Waals surface area (Å²) in [6.45, 7) is 8.51. The molecule has 0 aromatic heterocycles. The molecule has 4 nitrogen and oxygen atoms in total. The Balaban J connectivity index is 1.47. The predicted molar refractivity (Wildman–Crippen MR) is 128 cm³/mol. The molecule has 0 fully saturated rings. The highest BCUT2D eigenvalue weighted by Gasteiger charge is 2.40. The second kappa shape index (κ2) is 8.36. The van der Waals surface area contributed by atoms with Crippen LogP contribution in [0.3, 0.4) is 0 Å². The van der Waals surface area contributed by atoms with Crippen LogP contribution in [0.4, 0.5) is 0 Å². The molecule has 0 unspecified atom stereocenters. The zero-order valence-electron chi connectivity index (χ0n) is 19.1. The summed E-state index contributed by atoms with van der Waals surface area (Å²) in [6, 6.07) is 25.5. The van der Waals surface area contributed by atoms with Crippen molar-refractivity contribution in [2.24, 2.45) is 0 Å². The summed E-state index contributed by atoms with van der Waals surface area (Å²) < 4.78 is 12.3. The second-order valence-electron chi connectivity index (χ2n) is 9.06. The maximum Gasteiger partial charge on any atom is 0.195 e. The Morgan fingerprint density at radius 2 is 1.59 bits per heavy atom. The van der Waals surface area contributed by atoms with Crippen LogP contribution >= 0.6 is 0 Å². The summed E-state index contributed by atoms with van der Waals surface area (Å²) in [5.41, 5.74) is 9.47. The number of hydrogen-bond acceptors (Lipinski definition) is 4. The van der Waals surface area contributed by atoms with E-state index in [1.165, 1.54) is 11.1 Å². The Morgan fingerprint density at radius 1 is 0.875 bits per heavy atom. The number of nitrogens with zero attached hydrogens (tertiary/aromatic N) is 1. The highest BCUT2D eigenvalue weighted by atomic mass is 16.5. The van der Waals surface area contributed by atoms with E-state index in [2.05, 4.69) is 85.0 Å². The van der Waals surface area contributed by atoms with E-state index >= 15 is 0 Å². The third-order valence-electron chi connectivity index (χ3n) is 6.03. The number of rotatable bonds is 5. The average Bonchev–Trinajstić information content (AvgIpc) is 3.24. The van der Waals surface area contributed by atoms with Crippen molar-refractivity contribution in [2.75, 3.05) is 0 Å². The fourth-order valence-corrected chi connectivity index (χ4v) is 4.36. The first-order valence-electron chi connectivity index (χ1n) is 11.4. The molecule has 4 heteroatoms. The van der Waals surface area contributed by atoms with Gasteiger partial charge < -0.3 is 14.9 Å². The molecule has 2 atom stereocenters. The van der Waals surface area contributed by atoms with Gasteiger partial charge in [-0.3, -0.25) is 0 Å². The summed E-state index contributed by atoms with van der Waals surface area (Å²) in [6.07, 6.45) is 2.23. The molecule has 164 valence electrons. The van der Waals surface area contributed by atoms with Crippen LogP contribution < -0.4 is 14.9 Å². The quantitative estimate of drug-likeness (QED) is 0.499. The summed E-state index contributed by atoms with van der Waals surface area (Å²) in [5.74, 6) is 2.33. The van der Waals surface area contributed by atoms with E-state index in [9.17, 15) is 0 Å². The zero-order valence-corrected chi connectivity index (χ0v) is 19.1. The average molecular weight is 427 g/mol. The van der Waals surface area contributed by atoms with Crippen LogP contribution in [0.15, 0.2) is 78.9 Å². The van der Waals surface area contributed by atoms with Gasteiger partial charge in [0.25, 0.3) is 0 Å². The van der Waals surface area contributed by atoms with Crippen molar-refractivity contribution in [1.29, 1.82) is 0 Å². The maximum atomic E-state index is 6.49. The molecule has 0 spiro atoms. The molecule has 5 rings (SSSR count). The van der Waals surface area contributed by atoms with E-state index in [0.29, 0.717) is 5.92 Å². The fourth-order valence-electron chi connectivity index (χ4n) is 4.36. The van der Waals surface area contributed by atoms with E-state index in [1.54, 1.807) is 0 Å². The van der Waals surface area contributed by atoms with E-state index in [-0.39, 0.29) is 18.4 Å². The molecule has 0 bridgehead atoms. The van der Waals surface area contributed by atoms with Crippen molar-refractivity contribution in [3.8, 4) is 11.5 Å². The molecule has 0 aliphatic carbocycles. The van der Waals surface area contributed by atoms with E-state index in [4.69, 9.17) is 9.47 Å². The Morgan fingerprint density at radius 3 is 2.28 bits per heavy atom. The first-order chi connectivity index (χ1) is 15.5. The molecule has 3 aromatic carbocycles. The Bertz CT molecular complexity index is 1120. The number of hydrazine groups is 1. The standard InChI is InChI=1S/C28H30N2O2/c1-18(2)20-9-11-22(12-10-20)28-30-26(24-7-5-6-8-27(24)32-28)17-25(29-30)21-13-15-23(16-14-21)31-19(3)4/h5-19,26,28-29H,1-4H3/t26-,28+/m0/s1. The molecule has 2 aliphatic heterocycles. The minimum Gasteiger partial charge on any atom is -0.491 e. The molecule has 2 heterocycles. The van der Waals surface area contributed by atoms with Gasteiger partial charge in [-0.05, 0) is 67.3 Å². The van der Waals surface area contributed by atoms with Gasteiger partial charge in [0.15, 0.2) is 6.23 Å². The van der Waals surface area contributed by atoms with Gasteiger partial charge in [0.05, 0.1) is 17.8 Å². The topological polar surface area (TPSA) is 33.7 Å². The first kappa shape index (κ1) is 20.7. The van der Waals surface area contributed by atoms with Crippen molar-refractivity contribution in [3.63, 3.8) is 0 Å². The lowest BCUT2D eigenvalue weighted by atomic mass is 9.99.